The van der Waals surface area contributed by atoms with E-state index in [1.54, 1.807) is 36.4 Å². The van der Waals surface area contributed by atoms with Crippen LogP contribution in [0.15, 0.2) is 82.8 Å². The highest BCUT2D eigenvalue weighted by Gasteiger charge is 2.34. The van der Waals surface area contributed by atoms with Gasteiger partial charge in [-0.2, -0.15) is 0 Å². The number of nitrogens with one attached hydrogen (secondary N) is 1. The van der Waals surface area contributed by atoms with Gasteiger partial charge in [0.2, 0.25) is 0 Å². The summed E-state index contributed by atoms with van der Waals surface area (Å²) in [7, 11) is 0. The Hall–Kier alpha value is -3.16. The molecule has 1 fully saturated rings. The fourth-order valence-electron chi connectivity index (χ4n) is 3.35. The maximum atomic E-state index is 13.6. The van der Waals surface area contributed by atoms with E-state index in [1.165, 1.54) is 17.0 Å². The molecule has 0 unspecified atom stereocenters. The van der Waals surface area contributed by atoms with E-state index >= 15 is 0 Å². The zero-order valence-electron chi connectivity index (χ0n) is 16.1. The Kier molecular flexibility index (Phi) is 6.06. The summed E-state index contributed by atoms with van der Waals surface area (Å²) >= 11 is 8.67. The third-order valence-corrected chi connectivity index (χ3v) is 5.59. The molecule has 1 aliphatic rings. The normalized spacial score (nSPS) is 15.4. The molecule has 1 saturated heterocycles. The van der Waals surface area contributed by atoms with Gasteiger partial charge in [-0.3, -0.25) is 19.8 Å². The van der Waals surface area contributed by atoms with E-state index < -0.39 is 11.8 Å². The van der Waals surface area contributed by atoms with Crippen molar-refractivity contribution in [2.24, 2.45) is 0 Å². The van der Waals surface area contributed by atoms with Crippen molar-refractivity contribution < 1.29 is 14.0 Å². The van der Waals surface area contributed by atoms with E-state index in [1.807, 2.05) is 30.3 Å². The van der Waals surface area contributed by atoms with Crippen molar-refractivity contribution in [1.82, 2.24) is 5.32 Å². The van der Waals surface area contributed by atoms with Crippen LogP contribution in [0.3, 0.4) is 0 Å². The largest absolute Gasteiger partial charge is 0.298 e. The van der Waals surface area contributed by atoms with Gasteiger partial charge in [0.1, 0.15) is 11.4 Å². The van der Waals surface area contributed by atoms with Crippen LogP contribution < -0.4 is 10.2 Å². The van der Waals surface area contributed by atoms with Crippen LogP contribution in [-0.4, -0.2) is 16.9 Å². The lowest BCUT2D eigenvalue weighted by Crippen LogP contribution is -2.54. The minimum absolute atomic E-state index is 0.0314. The van der Waals surface area contributed by atoms with Gasteiger partial charge < -0.3 is 0 Å². The van der Waals surface area contributed by atoms with Gasteiger partial charge in [-0.15, -0.1) is 0 Å². The maximum Gasteiger partial charge on any atom is 0.270 e. The fraction of sp³-hybridized carbons (Fsp3) is 0.0417. The van der Waals surface area contributed by atoms with Gasteiger partial charge in [-0.05, 0) is 77.8 Å². The van der Waals surface area contributed by atoms with Gasteiger partial charge >= 0.3 is 0 Å². The van der Waals surface area contributed by atoms with Crippen molar-refractivity contribution in [2.75, 3.05) is 4.90 Å². The molecule has 0 atom stereocenters. The minimum atomic E-state index is -0.557. The zero-order valence-corrected chi connectivity index (χ0v) is 18.5. The van der Waals surface area contributed by atoms with E-state index in [2.05, 4.69) is 21.2 Å². The Bertz CT molecular complexity index is 1230. The number of halogens is 2. The van der Waals surface area contributed by atoms with Crippen LogP contribution in [0.1, 0.15) is 16.7 Å². The number of amides is 2. The molecule has 154 valence electrons. The van der Waals surface area contributed by atoms with Crippen molar-refractivity contribution in [3.8, 4) is 0 Å². The molecule has 0 aliphatic carbocycles. The molecule has 31 heavy (non-hydrogen) atoms. The summed E-state index contributed by atoms with van der Waals surface area (Å²) in [4.78, 5) is 27.1. The van der Waals surface area contributed by atoms with Crippen molar-refractivity contribution in [2.45, 2.75) is 6.42 Å². The van der Waals surface area contributed by atoms with Crippen LogP contribution in [0.4, 0.5) is 10.1 Å². The van der Waals surface area contributed by atoms with Crippen LogP contribution in [0.5, 0.6) is 0 Å². The van der Waals surface area contributed by atoms with E-state index in [4.69, 9.17) is 12.2 Å². The number of rotatable bonds is 4. The Morgan fingerprint density at radius 3 is 2.52 bits per heavy atom. The molecular weight excluding hydrogens is 479 g/mol. The molecule has 1 aliphatic heterocycles. The van der Waals surface area contributed by atoms with Gasteiger partial charge in [-0.1, -0.05) is 52.3 Å². The number of para-hydroxylation sites is 1. The molecule has 0 radical (unpaired) electrons. The highest BCUT2D eigenvalue weighted by Crippen LogP contribution is 2.26. The monoisotopic (exact) mass is 494 g/mol. The molecule has 0 bridgehead atoms. The second-order valence-corrected chi connectivity index (χ2v) is 8.25. The summed E-state index contributed by atoms with van der Waals surface area (Å²) in [5.74, 6) is -1.38. The summed E-state index contributed by atoms with van der Waals surface area (Å²) in [5, 5.41) is 2.62. The maximum absolute atomic E-state index is 13.6. The third-order valence-electron chi connectivity index (χ3n) is 4.81. The van der Waals surface area contributed by atoms with Crippen molar-refractivity contribution >= 4 is 56.8 Å². The van der Waals surface area contributed by atoms with Crippen LogP contribution in [0, 0.1) is 5.82 Å². The summed E-state index contributed by atoms with van der Waals surface area (Å²) in [6.07, 6.45) is 2.00. The lowest BCUT2D eigenvalue weighted by atomic mass is 9.97. The lowest BCUT2D eigenvalue weighted by Gasteiger charge is -2.29. The molecular formula is C24H16BrFN2O2S. The molecule has 7 heteroatoms. The number of carbonyl (C=O) groups excluding carboxylic acids is 2. The Morgan fingerprint density at radius 2 is 1.77 bits per heavy atom. The van der Waals surface area contributed by atoms with E-state index in [-0.39, 0.29) is 16.5 Å². The van der Waals surface area contributed by atoms with Crippen LogP contribution in [0.25, 0.3) is 6.08 Å². The number of hydrogen-bond acceptors (Lipinski definition) is 3. The molecule has 0 saturated carbocycles. The first kappa shape index (κ1) is 21.1. The topological polar surface area (TPSA) is 49.4 Å². The van der Waals surface area contributed by atoms with Crippen LogP contribution >= 0.6 is 28.1 Å². The molecule has 0 spiro atoms. The molecule has 0 aromatic heterocycles. The van der Waals surface area contributed by atoms with Crippen LogP contribution in [-0.2, 0) is 16.0 Å². The first-order chi connectivity index (χ1) is 14.9. The Balaban J connectivity index is 1.74. The van der Waals surface area contributed by atoms with Gasteiger partial charge in [0.15, 0.2) is 5.11 Å². The van der Waals surface area contributed by atoms with E-state index in [0.717, 1.165) is 15.6 Å². The van der Waals surface area contributed by atoms with Gasteiger partial charge in [-0.25, -0.2) is 4.39 Å². The summed E-state index contributed by atoms with van der Waals surface area (Å²) < 4.78 is 14.4. The Labute approximate surface area is 192 Å². The highest BCUT2D eigenvalue weighted by molar-refractivity contribution is 9.10. The molecule has 3 aromatic carbocycles. The average Bonchev–Trinajstić information content (AvgIpc) is 2.73. The molecule has 4 rings (SSSR count). The van der Waals surface area contributed by atoms with Gasteiger partial charge in [0, 0.05) is 4.47 Å². The number of anilines is 1. The summed E-state index contributed by atoms with van der Waals surface area (Å²) in [6, 6.07) is 20.8. The smallest absolute Gasteiger partial charge is 0.270 e. The number of carbonyl (C=O) groups is 2. The van der Waals surface area contributed by atoms with Gasteiger partial charge in [0.25, 0.3) is 11.8 Å². The number of nitrogens with zero attached hydrogens (tertiary/aromatic N) is 1. The quantitative estimate of drug-likeness (QED) is 0.315. The second-order valence-electron chi connectivity index (χ2n) is 6.94. The second kappa shape index (κ2) is 8.91. The SMILES string of the molecule is O=C1NC(=S)N(c2ccccc2)C(=O)/C1=C\c1cc(Br)ccc1Cc1cccc(F)c1. The van der Waals surface area contributed by atoms with Gasteiger partial charge in [0.05, 0.1) is 5.69 Å². The van der Waals surface area contributed by atoms with Crippen molar-refractivity contribution in [3.63, 3.8) is 0 Å². The lowest BCUT2D eigenvalue weighted by molar-refractivity contribution is -0.122. The van der Waals surface area contributed by atoms with E-state index in [9.17, 15) is 14.0 Å². The first-order valence-electron chi connectivity index (χ1n) is 9.42. The molecule has 3 aromatic rings. The first-order valence-corrected chi connectivity index (χ1v) is 10.6. The molecule has 2 amide bonds. The average molecular weight is 495 g/mol. The molecule has 1 N–H and O–H groups in total. The predicted octanol–water partition coefficient (Wildman–Crippen LogP) is 5.01. The predicted molar refractivity (Wildman–Crippen MR) is 126 cm³/mol. The Morgan fingerprint density at radius 1 is 1.00 bits per heavy atom. The van der Waals surface area contributed by atoms with Crippen molar-refractivity contribution in [3.05, 3.63) is 105 Å². The summed E-state index contributed by atoms with van der Waals surface area (Å²) in [6.45, 7) is 0. The number of hydrogen-bond donors (Lipinski definition) is 1. The standard InChI is InChI=1S/C24H16BrFN2O2S/c25-18-10-9-16(11-15-5-4-6-19(26)12-15)17(13-18)14-21-22(29)27-24(31)28(23(21)30)20-7-2-1-3-8-20/h1-10,12-14H,11H2,(H,27,29,31)/b21-14-. The van der Waals surface area contributed by atoms with E-state index in [0.29, 0.717) is 17.7 Å². The zero-order chi connectivity index (χ0) is 22.0. The number of thiocarbonyl (C=S) groups is 1. The minimum Gasteiger partial charge on any atom is -0.298 e. The van der Waals surface area contributed by atoms with Crippen molar-refractivity contribution in [1.29, 1.82) is 0 Å². The molecule has 1 heterocycles. The fourth-order valence-corrected chi connectivity index (χ4v) is 4.01. The summed E-state index contributed by atoms with van der Waals surface area (Å²) in [5.41, 5.74) is 2.85. The van der Waals surface area contributed by atoms with Crippen LogP contribution in [0.2, 0.25) is 0 Å². The number of benzene rings is 3. The highest BCUT2D eigenvalue weighted by atomic mass is 79.9. The molecule has 4 nitrogen and oxygen atoms in total. The third kappa shape index (κ3) is 4.62.